The summed E-state index contributed by atoms with van der Waals surface area (Å²) in [7, 11) is 0. The molecule has 2 heterocycles. The van der Waals surface area contributed by atoms with E-state index in [4.69, 9.17) is 4.52 Å². The zero-order valence-corrected chi connectivity index (χ0v) is 13.2. The average Bonchev–Trinajstić information content (AvgIpc) is 2.82. The summed E-state index contributed by atoms with van der Waals surface area (Å²) in [4.78, 5) is 2.63. The van der Waals surface area contributed by atoms with Crippen LogP contribution in [-0.4, -0.2) is 46.9 Å². The minimum atomic E-state index is -0.626. The molecule has 6 heteroatoms. The minimum absolute atomic E-state index is 0.507. The minimum Gasteiger partial charge on any atom is -0.384 e. The van der Waals surface area contributed by atoms with E-state index in [0.29, 0.717) is 23.0 Å². The molecule has 1 saturated heterocycles. The van der Waals surface area contributed by atoms with E-state index in [9.17, 15) is 5.11 Å². The zero-order chi connectivity index (χ0) is 13.9. The summed E-state index contributed by atoms with van der Waals surface area (Å²) in [6.07, 6.45) is 5.89. The number of rotatable bonds is 5. The van der Waals surface area contributed by atoms with Gasteiger partial charge in [-0.1, -0.05) is 11.6 Å². The molecule has 1 aromatic heterocycles. The lowest BCUT2D eigenvalue weighted by Crippen LogP contribution is -2.49. The molecule has 0 aromatic carbocycles. The highest BCUT2D eigenvalue weighted by atomic mass is 79.9. The van der Waals surface area contributed by atoms with Crippen LogP contribution in [0.2, 0.25) is 0 Å². The molecule has 20 heavy (non-hydrogen) atoms. The molecule has 0 amide bonds. The Morgan fingerprint density at radius 2 is 2.15 bits per heavy atom. The van der Waals surface area contributed by atoms with Gasteiger partial charge in [-0.2, -0.15) is 0 Å². The number of nitrogens with one attached hydrogen (secondary N) is 1. The fourth-order valence-electron chi connectivity index (χ4n) is 3.02. The van der Waals surface area contributed by atoms with Gasteiger partial charge >= 0.3 is 0 Å². The van der Waals surface area contributed by atoms with E-state index in [-0.39, 0.29) is 0 Å². The third kappa shape index (κ3) is 3.42. The van der Waals surface area contributed by atoms with Crippen molar-refractivity contribution in [1.29, 1.82) is 0 Å². The number of nitrogens with zero attached hydrogens (tertiary/aromatic N) is 2. The molecule has 2 aliphatic rings. The lowest BCUT2D eigenvalue weighted by molar-refractivity contribution is 0.0846. The monoisotopic (exact) mass is 343 g/mol. The molecule has 5 nitrogen and oxygen atoms in total. The van der Waals surface area contributed by atoms with Gasteiger partial charge in [0.25, 0.3) is 0 Å². The van der Waals surface area contributed by atoms with E-state index in [1.807, 2.05) is 0 Å². The second-order valence-corrected chi connectivity index (χ2v) is 6.68. The molecule has 1 aliphatic heterocycles. The first-order chi connectivity index (χ1) is 9.72. The van der Waals surface area contributed by atoms with Crippen LogP contribution in [-0.2, 0) is 0 Å². The molecular weight excluding hydrogens is 322 g/mol. The second-order valence-electron chi connectivity index (χ2n) is 5.87. The molecule has 1 atom stereocenters. The fourth-order valence-corrected chi connectivity index (χ4v) is 3.32. The van der Waals surface area contributed by atoms with E-state index in [2.05, 4.69) is 31.3 Å². The molecule has 0 spiro atoms. The molecule has 112 valence electrons. The second kappa shape index (κ2) is 6.56. The Morgan fingerprint density at radius 1 is 1.40 bits per heavy atom. The highest BCUT2D eigenvalue weighted by molar-refractivity contribution is 9.10. The van der Waals surface area contributed by atoms with Crippen molar-refractivity contribution in [1.82, 2.24) is 15.4 Å². The van der Waals surface area contributed by atoms with Gasteiger partial charge in [-0.05, 0) is 54.7 Å². The van der Waals surface area contributed by atoms with Crippen LogP contribution in [0, 0.1) is 0 Å². The topological polar surface area (TPSA) is 61.5 Å². The van der Waals surface area contributed by atoms with Crippen molar-refractivity contribution >= 4 is 15.9 Å². The smallest absolute Gasteiger partial charge is 0.167 e. The van der Waals surface area contributed by atoms with Crippen molar-refractivity contribution in [2.75, 3.05) is 19.6 Å². The van der Waals surface area contributed by atoms with Gasteiger partial charge in [0.2, 0.25) is 0 Å². The number of aliphatic hydroxyl groups excluding tert-OH is 1. The van der Waals surface area contributed by atoms with Gasteiger partial charge in [0.1, 0.15) is 10.7 Å². The summed E-state index contributed by atoms with van der Waals surface area (Å²) < 4.78 is 5.67. The largest absolute Gasteiger partial charge is 0.384 e. The van der Waals surface area contributed by atoms with Crippen LogP contribution in [0.15, 0.2) is 15.2 Å². The summed E-state index contributed by atoms with van der Waals surface area (Å²) in [6, 6.07) is 3.08. The molecular formula is C14H22BrN3O2. The number of hydrogen-bond acceptors (Lipinski definition) is 5. The maximum absolute atomic E-state index is 10.0. The van der Waals surface area contributed by atoms with Crippen molar-refractivity contribution < 1.29 is 9.63 Å². The SMILES string of the molecule is OC(CNC1CCN(C2CCC2)CC1)c1cc(Br)no1. The molecule has 1 saturated carbocycles. The summed E-state index contributed by atoms with van der Waals surface area (Å²) >= 11 is 3.22. The normalized spacial score (nSPS) is 23.7. The standard InChI is InChI=1S/C14H22BrN3O2/c15-14-8-13(20-17-14)12(19)9-16-10-4-6-18(7-5-10)11-2-1-3-11/h8,10-12,16,19H,1-7,9H2. The Bertz CT molecular complexity index is 428. The maximum atomic E-state index is 10.0. The molecule has 3 rings (SSSR count). The Morgan fingerprint density at radius 3 is 2.70 bits per heavy atom. The van der Waals surface area contributed by atoms with Crippen LogP contribution < -0.4 is 5.32 Å². The Balaban J connectivity index is 1.39. The van der Waals surface area contributed by atoms with E-state index < -0.39 is 6.10 Å². The van der Waals surface area contributed by atoms with E-state index in [1.54, 1.807) is 6.07 Å². The quantitative estimate of drug-likeness (QED) is 0.856. The van der Waals surface area contributed by atoms with E-state index in [1.165, 1.54) is 45.2 Å². The van der Waals surface area contributed by atoms with Crippen LogP contribution >= 0.6 is 15.9 Å². The summed E-state index contributed by atoms with van der Waals surface area (Å²) in [5.41, 5.74) is 0. The average molecular weight is 344 g/mol. The maximum Gasteiger partial charge on any atom is 0.167 e. The predicted molar refractivity (Wildman–Crippen MR) is 79.4 cm³/mol. The fraction of sp³-hybridized carbons (Fsp3) is 0.786. The highest BCUT2D eigenvalue weighted by Gasteiger charge is 2.28. The van der Waals surface area contributed by atoms with Crippen LogP contribution in [0.4, 0.5) is 0 Å². The summed E-state index contributed by atoms with van der Waals surface area (Å²) in [6.45, 7) is 2.90. The van der Waals surface area contributed by atoms with Gasteiger partial charge < -0.3 is 19.8 Å². The Labute approximate surface area is 127 Å². The van der Waals surface area contributed by atoms with Crippen molar-refractivity contribution in [3.8, 4) is 0 Å². The third-order valence-electron chi connectivity index (χ3n) is 4.55. The van der Waals surface area contributed by atoms with Gasteiger partial charge in [-0.3, -0.25) is 0 Å². The van der Waals surface area contributed by atoms with Gasteiger partial charge in [0.05, 0.1) is 0 Å². The predicted octanol–water partition coefficient (Wildman–Crippen LogP) is 2.08. The zero-order valence-electron chi connectivity index (χ0n) is 11.6. The Hall–Kier alpha value is -0.430. The van der Waals surface area contributed by atoms with Gasteiger partial charge in [0, 0.05) is 24.7 Å². The van der Waals surface area contributed by atoms with Crippen molar-refractivity contribution in [3.05, 3.63) is 16.4 Å². The molecule has 1 unspecified atom stereocenters. The van der Waals surface area contributed by atoms with Crippen molar-refractivity contribution in [2.24, 2.45) is 0 Å². The number of likely N-dealkylation sites (tertiary alicyclic amines) is 1. The Kier molecular flexibility index (Phi) is 4.75. The van der Waals surface area contributed by atoms with Crippen molar-refractivity contribution in [3.63, 3.8) is 0 Å². The van der Waals surface area contributed by atoms with Crippen LogP contribution in [0.25, 0.3) is 0 Å². The first-order valence-corrected chi connectivity index (χ1v) is 8.29. The van der Waals surface area contributed by atoms with Crippen LogP contribution in [0.1, 0.15) is 44.0 Å². The molecule has 0 bridgehead atoms. The molecule has 2 N–H and O–H groups in total. The lowest BCUT2D eigenvalue weighted by Gasteiger charge is -2.42. The molecule has 0 radical (unpaired) electrons. The van der Waals surface area contributed by atoms with Crippen molar-refractivity contribution in [2.45, 2.75) is 50.3 Å². The first-order valence-electron chi connectivity index (χ1n) is 7.50. The van der Waals surface area contributed by atoms with E-state index >= 15 is 0 Å². The van der Waals surface area contributed by atoms with Gasteiger partial charge in [0.15, 0.2) is 5.76 Å². The summed E-state index contributed by atoms with van der Waals surface area (Å²) in [5, 5.41) is 17.2. The molecule has 2 fully saturated rings. The number of hydrogen-bond donors (Lipinski definition) is 2. The summed E-state index contributed by atoms with van der Waals surface area (Å²) in [5.74, 6) is 0.510. The number of halogens is 1. The highest BCUT2D eigenvalue weighted by Crippen LogP contribution is 2.27. The number of piperidine rings is 1. The molecule has 1 aliphatic carbocycles. The number of aromatic nitrogens is 1. The van der Waals surface area contributed by atoms with Crippen LogP contribution in [0.5, 0.6) is 0 Å². The van der Waals surface area contributed by atoms with Crippen LogP contribution in [0.3, 0.4) is 0 Å². The van der Waals surface area contributed by atoms with Gasteiger partial charge in [-0.15, -0.1) is 0 Å². The van der Waals surface area contributed by atoms with Gasteiger partial charge in [-0.25, -0.2) is 0 Å². The first kappa shape index (κ1) is 14.5. The molecule has 1 aromatic rings. The number of aliphatic hydroxyl groups is 1. The van der Waals surface area contributed by atoms with E-state index in [0.717, 1.165) is 6.04 Å². The lowest BCUT2D eigenvalue weighted by atomic mass is 9.89. The third-order valence-corrected chi connectivity index (χ3v) is 4.92.